The highest BCUT2D eigenvalue weighted by atomic mass is 16.1. The van der Waals surface area contributed by atoms with Gasteiger partial charge in [-0.3, -0.25) is 9.69 Å². The van der Waals surface area contributed by atoms with Gasteiger partial charge in [0, 0.05) is 24.9 Å². The maximum Gasteiger partial charge on any atom is 0.137 e. The minimum absolute atomic E-state index is 0.319. The highest BCUT2D eigenvalue weighted by Crippen LogP contribution is 2.40. The number of nitrogens with zero attached hydrogens (tertiary/aromatic N) is 1. The number of likely N-dealkylation sites (tertiary alicyclic amines) is 1. The number of Topliss-reactive ketones (excluding diaryl/α,β-unsaturated/α-hetero) is 1. The summed E-state index contributed by atoms with van der Waals surface area (Å²) in [7, 11) is 0. The van der Waals surface area contributed by atoms with Crippen molar-refractivity contribution < 1.29 is 4.79 Å². The lowest BCUT2D eigenvalue weighted by atomic mass is 9.71. The van der Waals surface area contributed by atoms with Crippen LogP contribution in [0.25, 0.3) is 0 Å². The van der Waals surface area contributed by atoms with E-state index < -0.39 is 0 Å². The molecule has 114 valence electrons. The fourth-order valence-electron chi connectivity index (χ4n) is 4.95. The summed E-state index contributed by atoms with van der Waals surface area (Å²) in [6.07, 6.45) is 11.5. The second-order valence-corrected chi connectivity index (χ2v) is 8.28. The van der Waals surface area contributed by atoms with E-state index in [4.69, 9.17) is 0 Å². The van der Waals surface area contributed by atoms with E-state index in [1.54, 1.807) is 0 Å². The molecule has 3 unspecified atom stereocenters. The molecule has 3 rings (SSSR count). The first-order valence-corrected chi connectivity index (χ1v) is 8.82. The molecule has 0 N–H and O–H groups in total. The third-order valence-corrected chi connectivity index (χ3v) is 6.12. The van der Waals surface area contributed by atoms with Crippen molar-refractivity contribution in [2.45, 2.75) is 77.7 Å². The van der Waals surface area contributed by atoms with Crippen molar-refractivity contribution >= 4 is 5.78 Å². The van der Waals surface area contributed by atoms with Crippen LogP contribution in [-0.2, 0) is 4.79 Å². The predicted octanol–water partition coefficient (Wildman–Crippen LogP) is 4.04. The van der Waals surface area contributed by atoms with Crippen LogP contribution in [0.5, 0.6) is 0 Å². The standard InChI is InChI=1S/C18H31NO/c1-18(2)10-9-17(20)15(12-18)13-19-11-5-7-14-6-3-4-8-16(14)19/h14-16H,3-13H2,1-2H3. The molecule has 1 heterocycles. The van der Waals surface area contributed by atoms with Crippen LogP contribution in [-0.4, -0.2) is 29.8 Å². The Kier molecular flexibility index (Phi) is 4.21. The van der Waals surface area contributed by atoms with E-state index in [1.807, 2.05) is 0 Å². The van der Waals surface area contributed by atoms with E-state index in [0.717, 1.165) is 37.8 Å². The van der Waals surface area contributed by atoms with Crippen LogP contribution in [0.4, 0.5) is 0 Å². The number of carbonyl (C=O) groups is 1. The average molecular weight is 277 g/mol. The van der Waals surface area contributed by atoms with Crippen molar-refractivity contribution in [2.75, 3.05) is 13.1 Å². The van der Waals surface area contributed by atoms with Crippen LogP contribution >= 0.6 is 0 Å². The summed E-state index contributed by atoms with van der Waals surface area (Å²) in [6, 6.07) is 0.801. The number of hydrogen-bond donors (Lipinski definition) is 0. The van der Waals surface area contributed by atoms with Crippen molar-refractivity contribution in [3.63, 3.8) is 0 Å². The number of piperidine rings is 1. The number of fused-ring (bicyclic) bond motifs is 1. The third-order valence-electron chi connectivity index (χ3n) is 6.12. The summed E-state index contributed by atoms with van der Waals surface area (Å²) in [5, 5.41) is 0. The molecule has 0 aromatic rings. The smallest absolute Gasteiger partial charge is 0.137 e. The summed E-state index contributed by atoms with van der Waals surface area (Å²) >= 11 is 0. The molecule has 2 aliphatic carbocycles. The SMILES string of the molecule is CC1(C)CCC(=O)C(CN2CCCC3CCCCC32)C1. The van der Waals surface area contributed by atoms with Crippen LogP contribution in [0, 0.1) is 17.3 Å². The number of ketones is 1. The van der Waals surface area contributed by atoms with Crippen LogP contribution in [0.1, 0.15) is 71.6 Å². The van der Waals surface area contributed by atoms with Crippen molar-refractivity contribution in [1.29, 1.82) is 0 Å². The van der Waals surface area contributed by atoms with Gasteiger partial charge in [-0.1, -0.05) is 26.7 Å². The summed E-state index contributed by atoms with van der Waals surface area (Å²) < 4.78 is 0. The average Bonchev–Trinajstić information content (AvgIpc) is 2.43. The van der Waals surface area contributed by atoms with Gasteiger partial charge in [0.15, 0.2) is 0 Å². The molecular weight excluding hydrogens is 246 g/mol. The molecule has 0 amide bonds. The molecule has 0 bridgehead atoms. The molecular formula is C18H31NO. The Morgan fingerprint density at radius 2 is 1.90 bits per heavy atom. The van der Waals surface area contributed by atoms with Crippen molar-refractivity contribution in [3.05, 3.63) is 0 Å². The zero-order valence-corrected chi connectivity index (χ0v) is 13.4. The maximum absolute atomic E-state index is 12.3. The molecule has 1 aliphatic heterocycles. The molecule has 1 saturated heterocycles. The van der Waals surface area contributed by atoms with Crippen molar-refractivity contribution in [2.24, 2.45) is 17.3 Å². The Morgan fingerprint density at radius 1 is 1.15 bits per heavy atom. The summed E-state index contributed by atoms with van der Waals surface area (Å²) in [4.78, 5) is 15.0. The molecule has 0 spiro atoms. The van der Waals surface area contributed by atoms with Gasteiger partial charge in [-0.05, 0) is 56.4 Å². The minimum Gasteiger partial charge on any atom is -0.299 e. The Labute approximate surface area is 124 Å². The fraction of sp³-hybridized carbons (Fsp3) is 0.944. The first-order chi connectivity index (χ1) is 9.55. The minimum atomic E-state index is 0.319. The normalized spacial score (nSPS) is 38.5. The summed E-state index contributed by atoms with van der Waals surface area (Å²) in [5.41, 5.74) is 0.375. The molecule has 0 radical (unpaired) electrons. The molecule has 0 aromatic heterocycles. The first-order valence-electron chi connectivity index (χ1n) is 8.82. The largest absolute Gasteiger partial charge is 0.299 e. The van der Waals surface area contributed by atoms with E-state index in [-0.39, 0.29) is 0 Å². The van der Waals surface area contributed by atoms with Gasteiger partial charge in [0.05, 0.1) is 0 Å². The molecule has 2 nitrogen and oxygen atoms in total. The van der Waals surface area contributed by atoms with Gasteiger partial charge in [0.1, 0.15) is 5.78 Å². The van der Waals surface area contributed by atoms with E-state index in [9.17, 15) is 4.79 Å². The van der Waals surface area contributed by atoms with Gasteiger partial charge in [-0.25, -0.2) is 0 Å². The van der Waals surface area contributed by atoms with E-state index in [0.29, 0.717) is 17.1 Å². The van der Waals surface area contributed by atoms with Gasteiger partial charge in [-0.15, -0.1) is 0 Å². The molecule has 20 heavy (non-hydrogen) atoms. The lowest BCUT2D eigenvalue weighted by molar-refractivity contribution is -0.128. The topological polar surface area (TPSA) is 20.3 Å². The summed E-state index contributed by atoms with van der Waals surface area (Å²) in [6.45, 7) is 6.98. The van der Waals surface area contributed by atoms with Crippen LogP contribution < -0.4 is 0 Å². The molecule has 2 saturated carbocycles. The number of carbonyl (C=O) groups excluding carboxylic acids is 1. The van der Waals surface area contributed by atoms with Crippen LogP contribution in [0.3, 0.4) is 0 Å². The van der Waals surface area contributed by atoms with Gasteiger partial charge < -0.3 is 0 Å². The van der Waals surface area contributed by atoms with E-state index in [2.05, 4.69) is 18.7 Å². The Morgan fingerprint density at radius 3 is 2.75 bits per heavy atom. The van der Waals surface area contributed by atoms with E-state index >= 15 is 0 Å². The maximum atomic E-state index is 12.3. The van der Waals surface area contributed by atoms with Gasteiger partial charge in [0.25, 0.3) is 0 Å². The van der Waals surface area contributed by atoms with Crippen LogP contribution in [0.2, 0.25) is 0 Å². The lowest BCUT2D eigenvalue weighted by Gasteiger charge is -2.46. The predicted molar refractivity (Wildman–Crippen MR) is 82.7 cm³/mol. The Bertz CT molecular complexity index is 360. The number of hydrogen-bond acceptors (Lipinski definition) is 2. The van der Waals surface area contributed by atoms with Crippen molar-refractivity contribution in [3.8, 4) is 0 Å². The fourth-order valence-corrected chi connectivity index (χ4v) is 4.95. The zero-order chi connectivity index (χ0) is 14.2. The van der Waals surface area contributed by atoms with Crippen molar-refractivity contribution in [1.82, 2.24) is 4.90 Å². The molecule has 2 heteroatoms. The van der Waals surface area contributed by atoms with Gasteiger partial charge in [0.2, 0.25) is 0 Å². The van der Waals surface area contributed by atoms with Crippen LogP contribution in [0.15, 0.2) is 0 Å². The Hall–Kier alpha value is -0.370. The molecule has 3 fully saturated rings. The van der Waals surface area contributed by atoms with Gasteiger partial charge in [-0.2, -0.15) is 0 Å². The zero-order valence-electron chi connectivity index (χ0n) is 13.4. The molecule has 3 aliphatic rings. The second-order valence-electron chi connectivity index (χ2n) is 8.28. The highest BCUT2D eigenvalue weighted by Gasteiger charge is 2.38. The third kappa shape index (κ3) is 3.10. The number of rotatable bonds is 2. The quantitative estimate of drug-likeness (QED) is 0.759. The first kappa shape index (κ1) is 14.6. The monoisotopic (exact) mass is 277 g/mol. The summed E-state index contributed by atoms with van der Waals surface area (Å²) in [5.74, 6) is 1.80. The highest BCUT2D eigenvalue weighted by molar-refractivity contribution is 5.82. The van der Waals surface area contributed by atoms with E-state index in [1.165, 1.54) is 45.1 Å². The Balaban J connectivity index is 1.64. The van der Waals surface area contributed by atoms with Gasteiger partial charge >= 0.3 is 0 Å². The molecule has 0 aromatic carbocycles. The second kappa shape index (κ2) is 5.79. The lowest BCUT2D eigenvalue weighted by Crippen LogP contribution is -2.50. The molecule has 3 atom stereocenters.